The lowest BCUT2D eigenvalue weighted by molar-refractivity contribution is 0.477. The van der Waals surface area contributed by atoms with Crippen molar-refractivity contribution in [3.63, 3.8) is 0 Å². The van der Waals surface area contributed by atoms with E-state index in [0.29, 0.717) is 6.54 Å². The van der Waals surface area contributed by atoms with Gasteiger partial charge in [0.2, 0.25) is 0 Å². The van der Waals surface area contributed by atoms with Gasteiger partial charge in [-0.15, -0.1) is 0 Å². The number of rotatable bonds is 3. The van der Waals surface area contributed by atoms with Gasteiger partial charge in [-0.2, -0.15) is 0 Å². The lowest BCUT2D eigenvalue weighted by atomic mass is 10.1. The molecular weight excluding hydrogens is 258 g/mol. The minimum Gasteiger partial charge on any atom is -0.457 e. The predicted molar refractivity (Wildman–Crippen MR) is 80.1 cm³/mol. The molecule has 0 aliphatic rings. The van der Waals surface area contributed by atoms with Crippen LogP contribution in [-0.2, 0) is 6.54 Å². The third-order valence-electron chi connectivity index (χ3n) is 3.13. The van der Waals surface area contributed by atoms with Crippen LogP contribution in [0.15, 0.2) is 30.3 Å². The van der Waals surface area contributed by atoms with E-state index in [-0.39, 0.29) is 0 Å². The molecule has 0 amide bonds. The Hall–Kier alpha value is -1.51. The van der Waals surface area contributed by atoms with Crippen LogP contribution in [0.4, 0.5) is 0 Å². The van der Waals surface area contributed by atoms with Gasteiger partial charge in [-0.05, 0) is 61.2 Å². The number of aryl methyl sites for hydroxylation is 3. The van der Waals surface area contributed by atoms with Gasteiger partial charge in [0.15, 0.2) is 0 Å². The van der Waals surface area contributed by atoms with Crippen LogP contribution in [0.1, 0.15) is 22.3 Å². The molecule has 0 unspecified atom stereocenters. The van der Waals surface area contributed by atoms with Gasteiger partial charge >= 0.3 is 0 Å². The van der Waals surface area contributed by atoms with Crippen LogP contribution < -0.4 is 10.5 Å². The van der Waals surface area contributed by atoms with Crippen molar-refractivity contribution in [1.29, 1.82) is 0 Å². The molecule has 0 saturated carbocycles. The number of hydrogen-bond acceptors (Lipinski definition) is 2. The number of nitrogens with two attached hydrogens (primary N) is 1. The highest BCUT2D eigenvalue weighted by Gasteiger charge is 2.07. The molecule has 2 aromatic carbocycles. The summed E-state index contributed by atoms with van der Waals surface area (Å²) < 4.78 is 5.95. The zero-order valence-electron chi connectivity index (χ0n) is 11.5. The average molecular weight is 276 g/mol. The number of ether oxygens (including phenoxy) is 1. The van der Waals surface area contributed by atoms with Gasteiger partial charge in [-0.3, -0.25) is 0 Å². The van der Waals surface area contributed by atoms with Crippen LogP contribution >= 0.6 is 11.6 Å². The molecule has 0 aliphatic heterocycles. The molecule has 19 heavy (non-hydrogen) atoms. The molecule has 0 aliphatic carbocycles. The second-order valence-electron chi connectivity index (χ2n) is 4.78. The Bertz CT molecular complexity index is 585. The fourth-order valence-corrected chi connectivity index (χ4v) is 2.08. The second-order valence-corrected chi connectivity index (χ2v) is 5.16. The quantitative estimate of drug-likeness (QED) is 0.894. The summed E-state index contributed by atoms with van der Waals surface area (Å²) >= 11 is 6.16. The highest BCUT2D eigenvalue weighted by Crippen LogP contribution is 2.31. The number of halogens is 1. The fourth-order valence-electron chi connectivity index (χ4n) is 1.97. The average Bonchev–Trinajstić information content (AvgIpc) is 2.38. The van der Waals surface area contributed by atoms with E-state index in [0.717, 1.165) is 38.8 Å². The maximum Gasteiger partial charge on any atom is 0.130 e. The second kappa shape index (κ2) is 5.64. The maximum absolute atomic E-state index is 6.16. The van der Waals surface area contributed by atoms with E-state index in [1.54, 1.807) is 0 Å². The molecule has 0 bridgehead atoms. The number of hydrogen-bond donors (Lipinski definition) is 1. The van der Waals surface area contributed by atoms with Crippen molar-refractivity contribution in [2.75, 3.05) is 0 Å². The van der Waals surface area contributed by atoms with Gasteiger partial charge < -0.3 is 10.5 Å². The van der Waals surface area contributed by atoms with Crippen molar-refractivity contribution in [3.8, 4) is 11.5 Å². The molecule has 0 saturated heterocycles. The Morgan fingerprint density at radius 1 is 1.00 bits per heavy atom. The molecule has 0 fully saturated rings. The van der Waals surface area contributed by atoms with E-state index in [4.69, 9.17) is 22.1 Å². The topological polar surface area (TPSA) is 35.2 Å². The summed E-state index contributed by atoms with van der Waals surface area (Å²) in [6, 6.07) is 9.91. The third-order valence-corrected chi connectivity index (χ3v) is 3.72. The summed E-state index contributed by atoms with van der Waals surface area (Å²) in [5, 5.41) is 0.791. The summed E-state index contributed by atoms with van der Waals surface area (Å²) in [7, 11) is 0. The van der Waals surface area contributed by atoms with E-state index in [1.807, 2.05) is 51.1 Å². The molecule has 0 spiro atoms. The van der Waals surface area contributed by atoms with E-state index in [9.17, 15) is 0 Å². The zero-order chi connectivity index (χ0) is 14.0. The summed E-state index contributed by atoms with van der Waals surface area (Å²) in [5.41, 5.74) is 9.84. The smallest absolute Gasteiger partial charge is 0.130 e. The highest BCUT2D eigenvalue weighted by molar-refractivity contribution is 6.32. The van der Waals surface area contributed by atoms with Gasteiger partial charge in [0.05, 0.1) is 0 Å². The predicted octanol–water partition coefficient (Wildman–Crippen LogP) is 4.52. The van der Waals surface area contributed by atoms with Crippen LogP contribution in [0, 0.1) is 20.8 Å². The molecule has 2 nitrogen and oxygen atoms in total. The molecule has 0 radical (unpaired) electrons. The molecule has 100 valence electrons. The van der Waals surface area contributed by atoms with Gasteiger partial charge in [-0.1, -0.05) is 23.7 Å². The van der Waals surface area contributed by atoms with Gasteiger partial charge in [0.25, 0.3) is 0 Å². The van der Waals surface area contributed by atoms with Gasteiger partial charge in [-0.25, -0.2) is 0 Å². The first-order chi connectivity index (χ1) is 9.01. The standard InChI is InChI=1S/C16H18ClNO/c1-10-4-5-13(9-18)8-15(10)19-14-6-11(2)16(17)12(3)7-14/h4-8H,9,18H2,1-3H3. The highest BCUT2D eigenvalue weighted by atomic mass is 35.5. The largest absolute Gasteiger partial charge is 0.457 e. The van der Waals surface area contributed by atoms with Crippen LogP contribution in [-0.4, -0.2) is 0 Å². The van der Waals surface area contributed by atoms with Crippen molar-refractivity contribution < 1.29 is 4.74 Å². The van der Waals surface area contributed by atoms with E-state index < -0.39 is 0 Å². The first-order valence-electron chi connectivity index (χ1n) is 6.25. The Balaban J connectivity index is 2.36. The van der Waals surface area contributed by atoms with E-state index in [1.165, 1.54) is 0 Å². The Morgan fingerprint density at radius 3 is 2.21 bits per heavy atom. The summed E-state index contributed by atoms with van der Waals surface area (Å²) in [5.74, 6) is 1.64. The maximum atomic E-state index is 6.16. The number of benzene rings is 2. The van der Waals surface area contributed by atoms with Gasteiger partial charge in [0.1, 0.15) is 11.5 Å². The van der Waals surface area contributed by atoms with Crippen molar-refractivity contribution in [1.82, 2.24) is 0 Å². The lowest BCUT2D eigenvalue weighted by Gasteiger charge is -2.12. The summed E-state index contributed by atoms with van der Waals surface area (Å²) in [6.07, 6.45) is 0. The fraction of sp³-hybridized carbons (Fsp3) is 0.250. The van der Waals surface area contributed by atoms with Gasteiger partial charge in [0, 0.05) is 11.6 Å². The molecule has 2 aromatic rings. The Labute approximate surface area is 119 Å². The molecule has 2 N–H and O–H groups in total. The van der Waals surface area contributed by atoms with Crippen molar-refractivity contribution in [3.05, 3.63) is 57.6 Å². The van der Waals surface area contributed by atoms with Crippen molar-refractivity contribution >= 4 is 11.6 Å². The SMILES string of the molecule is Cc1ccc(CN)cc1Oc1cc(C)c(Cl)c(C)c1. The first kappa shape index (κ1) is 13.9. The molecule has 0 heterocycles. The minimum atomic E-state index is 0.509. The molecule has 3 heteroatoms. The molecule has 0 atom stereocenters. The first-order valence-corrected chi connectivity index (χ1v) is 6.63. The monoisotopic (exact) mass is 275 g/mol. The summed E-state index contributed by atoms with van der Waals surface area (Å²) in [6.45, 7) is 6.48. The zero-order valence-corrected chi connectivity index (χ0v) is 12.2. The molecular formula is C16H18ClNO. The molecule has 0 aromatic heterocycles. The van der Waals surface area contributed by atoms with E-state index >= 15 is 0 Å². The Kier molecular flexibility index (Phi) is 4.13. The van der Waals surface area contributed by atoms with Crippen LogP contribution in [0.3, 0.4) is 0 Å². The normalized spacial score (nSPS) is 10.6. The minimum absolute atomic E-state index is 0.509. The molecule has 2 rings (SSSR count). The van der Waals surface area contributed by atoms with E-state index in [2.05, 4.69) is 0 Å². The Morgan fingerprint density at radius 2 is 1.63 bits per heavy atom. The van der Waals surface area contributed by atoms with Crippen LogP contribution in [0.25, 0.3) is 0 Å². The summed E-state index contributed by atoms with van der Waals surface area (Å²) in [4.78, 5) is 0. The third kappa shape index (κ3) is 3.09. The van der Waals surface area contributed by atoms with Crippen LogP contribution in [0.5, 0.6) is 11.5 Å². The lowest BCUT2D eigenvalue weighted by Crippen LogP contribution is -1.97. The van der Waals surface area contributed by atoms with Crippen LogP contribution in [0.2, 0.25) is 5.02 Å². The van der Waals surface area contributed by atoms with Crippen molar-refractivity contribution in [2.24, 2.45) is 5.73 Å². The van der Waals surface area contributed by atoms with Crippen molar-refractivity contribution in [2.45, 2.75) is 27.3 Å².